The van der Waals surface area contributed by atoms with Crippen molar-refractivity contribution in [3.05, 3.63) is 11.0 Å². The lowest BCUT2D eigenvalue weighted by Gasteiger charge is -2.13. The molecule has 2 atom stereocenters. The second-order valence-corrected chi connectivity index (χ2v) is 7.74. The molecule has 0 aromatic carbocycles. The number of rotatable bonds is 2. The Hall–Kier alpha value is 0.0900. The second kappa shape index (κ2) is 4.95. The molecule has 0 radical (unpaired) electrons. The number of thioether (sulfide) groups is 1. The van der Waals surface area contributed by atoms with Crippen LogP contribution in [0.3, 0.4) is 0 Å². The summed E-state index contributed by atoms with van der Waals surface area (Å²) in [5.74, 6) is 0.281. The normalized spacial score (nSPS) is 30.5. The summed E-state index contributed by atoms with van der Waals surface area (Å²) < 4.78 is 21.5. The van der Waals surface area contributed by atoms with Crippen LogP contribution < -0.4 is 5.32 Å². The van der Waals surface area contributed by atoms with Crippen LogP contribution in [0.25, 0.3) is 0 Å². The lowest BCUT2D eigenvalue weighted by molar-refractivity contribution is 0.509. The molecule has 0 saturated heterocycles. The van der Waals surface area contributed by atoms with E-state index in [2.05, 4.69) is 5.32 Å². The van der Waals surface area contributed by atoms with Gasteiger partial charge in [-0.2, -0.15) is 4.55 Å². The summed E-state index contributed by atoms with van der Waals surface area (Å²) >= 11 is 6.60. The van der Waals surface area contributed by atoms with Crippen molar-refractivity contribution in [1.29, 1.82) is 0 Å². The first-order valence-electron chi connectivity index (χ1n) is 4.70. The molecular weight excluding hydrogens is 250 g/mol. The van der Waals surface area contributed by atoms with E-state index in [1.54, 1.807) is 0 Å². The van der Waals surface area contributed by atoms with Crippen LogP contribution in [0, 0.1) is 0 Å². The van der Waals surface area contributed by atoms with Gasteiger partial charge in [-0.3, -0.25) is 0 Å². The second-order valence-electron chi connectivity index (χ2n) is 3.91. The van der Waals surface area contributed by atoms with Gasteiger partial charge in [-0.25, -0.2) is 0 Å². The van der Waals surface area contributed by atoms with E-state index in [0.29, 0.717) is 10.4 Å². The maximum absolute atomic E-state index is 11.4. The van der Waals surface area contributed by atoms with E-state index in [1.165, 1.54) is 17.2 Å². The molecule has 1 heterocycles. The Labute approximate surface area is 101 Å². The summed E-state index contributed by atoms with van der Waals surface area (Å²) in [6, 6.07) is 0.300. The van der Waals surface area contributed by atoms with Gasteiger partial charge in [0.25, 0.3) is 0 Å². The molecule has 0 aromatic rings. The third kappa shape index (κ3) is 4.22. The zero-order chi connectivity index (χ0) is 11.6. The Bertz CT molecular complexity index is 338. The van der Waals surface area contributed by atoms with Gasteiger partial charge in [0.05, 0.1) is 5.25 Å². The molecule has 1 rings (SSSR count). The van der Waals surface area contributed by atoms with Crippen LogP contribution in [0.15, 0.2) is 11.0 Å². The number of thiocarbonyl (C=S) groups is 1. The van der Waals surface area contributed by atoms with Gasteiger partial charge in [0.15, 0.2) is 11.2 Å². The Morgan fingerprint density at radius 2 is 2.40 bits per heavy atom. The van der Waals surface area contributed by atoms with E-state index in [4.69, 9.17) is 12.2 Å². The SMILES string of the molecule is CC1=C[S+](=O)(O)C[C@@H]1SC(=S)NC(C)C. The van der Waals surface area contributed by atoms with E-state index in [1.807, 2.05) is 20.8 Å². The Balaban J connectivity index is 2.52. The molecule has 0 amide bonds. The first-order chi connectivity index (χ1) is 6.80. The Morgan fingerprint density at radius 3 is 2.80 bits per heavy atom. The van der Waals surface area contributed by atoms with Crippen LogP contribution in [-0.2, 0) is 14.4 Å². The standard InChI is InChI=1S/C9H15NO2S3/c1-6(2)10-9(13)14-8-5-15(11,12)4-7(8)3/h4,6,8H,5H2,1-3H3,(H-,10,11,12,13)/p+1/t8-/m0/s1. The van der Waals surface area contributed by atoms with Gasteiger partial charge in [-0.05, 0) is 26.3 Å². The predicted molar refractivity (Wildman–Crippen MR) is 71.6 cm³/mol. The molecule has 1 unspecified atom stereocenters. The topological polar surface area (TPSA) is 49.3 Å². The van der Waals surface area contributed by atoms with Gasteiger partial charge in [0.1, 0.15) is 4.32 Å². The third-order valence-electron chi connectivity index (χ3n) is 1.92. The van der Waals surface area contributed by atoms with Gasteiger partial charge in [0, 0.05) is 6.04 Å². The summed E-state index contributed by atoms with van der Waals surface area (Å²) in [7, 11) is -2.74. The molecule has 15 heavy (non-hydrogen) atoms. The third-order valence-corrected chi connectivity index (χ3v) is 5.25. The zero-order valence-electron chi connectivity index (χ0n) is 9.02. The number of hydrogen-bond donors (Lipinski definition) is 2. The molecule has 86 valence electrons. The van der Waals surface area contributed by atoms with Crippen LogP contribution in [0.2, 0.25) is 0 Å². The molecule has 1 aliphatic heterocycles. The highest BCUT2D eigenvalue weighted by Crippen LogP contribution is 2.31. The van der Waals surface area contributed by atoms with Crippen LogP contribution >= 0.6 is 24.0 Å². The predicted octanol–water partition coefficient (Wildman–Crippen LogP) is 2.26. The first kappa shape index (κ1) is 13.2. The number of hydrogen-bond acceptors (Lipinski definition) is 3. The maximum Gasteiger partial charge on any atom is 0.242 e. The molecule has 6 heteroatoms. The average molecular weight is 266 g/mol. The van der Waals surface area contributed by atoms with E-state index in [0.717, 1.165) is 5.57 Å². The largest absolute Gasteiger partial charge is 0.369 e. The van der Waals surface area contributed by atoms with E-state index >= 15 is 0 Å². The molecule has 0 aliphatic carbocycles. The van der Waals surface area contributed by atoms with Crippen LogP contribution in [0.1, 0.15) is 20.8 Å². The lowest BCUT2D eigenvalue weighted by atomic mass is 10.3. The van der Waals surface area contributed by atoms with Crippen LogP contribution in [0.4, 0.5) is 0 Å². The molecule has 2 N–H and O–H groups in total. The summed E-state index contributed by atoms with van der Waals surface area (Å²) in [4.78, 5) is 0. The average Bonchev–Trinajstić information content (AvgIpc) is 2.22. The van der Waals surface area contributed by atoms with Gasteiger partial charge in [0.2, 0.25) is 10.2 Å². The minimum Gasteiger partial charge on any atom is -0.369 e. The number of nitrogens with one attached hydrogen (secondary N) is 1. The van der Waals surface area contributed by atoms with Gasteiger partial charge >= 0.3 is 0 Å². The fourth-order valence-electron chi connectivity index (χ4n) is 1.29. The summed E-state index contributed by atoms with van der Waals surface area (Å²) in [6.45, 7) is 5.90. The van der Waals surface area contributed by atoms with Crippen molar-refractivity contribution >= 4 is 38.5 Å². The first-order valence-corrected chi connectivity index (χ1v) is 7.73. The van der Waals surface area contributed by atoms with Crippen LogP contribution in [-0.4, -0.2) is 25.9 Å². The smallest absolute Gasteiger partial charge is 0.242 e. The lowest BCUT2D eigenvalue weighted by Crippen LogP contribution is -2.28. The van der Waals surface area contributed by atoms with E-state index in [-0.39, 0.29) is 11.0 Å². The highest BCUT2D eigenvalue weighted by molar-refractivity contribution is 8.24. The van der Waals surface area contributed by atoms with E-state index < -0.39 is 10.2 Å². The molecular formula is C9H16NO2S3+. The minimum atomic E-state index is -2.74. The molecule has 3 nitrogen and oxygen atoms in total. The highest BCUT2D eigenvalue weighted by Gasteiger charge is 2.38. The maximum atomic E-state index is 11.4. The fraction of sp³-hybridized carbons (Fsp3) is 0.667. The molecule has 0 aromatic heterocycles. The van der Waals surface area contributed by atoms with Crippen molar-refractivity contribution in [2.45, 2.75) is 32.1 Å². The molecule has 1 aliphatic rings. The monoisotopic (exact) mass is 266 g/mol. The Kier molecular flexibility index (Phi) is 4.34. The van der Waals surface area contributed by atoms with Crippen molar-refractivity contribution in [1.82, 2.24) is 5.32 Å². The van der Waals surface area contributed by atoms with Crippen LogP contribution in [0.5, 0.6) is 0 Å². The quantitative estimate of drug-likeness (QED) is 0.593. The minimum absolute atomic E-state index is 0.0428. The van der Waals surface area contributed by atoms with Crippen molar-refractivity contribution in [3.63, 3.8) is 0 Å². The molecule has 0 saturated carbocycles. The summed E-state index contributed by atoms with van der Waals surface area (Å²) in [6.07, 6.45) is 0. The molecule has 0 fully saturated rings. The Morgan fingerprint density at radius 1 is 1.80 bits per heavy atom. The van der Waals surface area contributed by atoms with Gasteiger partial charge < -0.3 is 5.32 Å². The van der Waals surface area contributed by atoms with Gasteiger partial charge in [-0.15, -0.1) is 0 Å². The molecule has 0 bridgehead atoms. The van der Waals surface area contributed by atoms with Crippen molar-refractivity contribution in [3.8, 4) is 0 Å². The summed E-state index contributed by atoms with van der Waals surface area (Å²) in [5.41, 5.74) is 0.945. The van der Waals surface area contributed by atoms with Crippen molar-refractivity contribution < 1.29 is 8.76 Å². The zero-order valence-corrected chi connectivity index (χ0v) is 11.5. The molecule has 0 spiro atoms. The van der Waals surface area contributed by atoms with Gasteiger partial charge in [-0.1, -0.05) is 28.2 Å². The highest BCUT2D eigenvalue weighted by atomic mass is 32.3. The summed E-state index contributed by atoms with van der Waals surface area (Å²) in [5, 5.41) is 4.61. The van der Waals surface area contributed by atoms with Crippen molar-refractivity contribution in [2.75, 3.05) is 5.75 Å². The van der Waals surface area contributed by atoms with Crippen molar-refractivity contribution in [2.24, 2.45) is 0 Å². The fourth-order valence-corrected chi connectivity index (χ4v) is 5.17. The van der Waals surface area contributed by atoms with E-state index in [9.17, 15) is 8.76 Å².